The van der Waals surface area contributed by atoms with Gasteiger partial charge in [0.2, 0.25) is 11.8 Å². The number of phenols is 1. The maximum Gasteiger partial charge on any atom is 0.249 e. The van der Waals surface area contributed by atoms with Gasteiger partial charge in [0.15, 0.2) is 0 Å². The van der Waals surface area contributed by atoms with Crippen LogP contribution in [0.15, 0.2) is 47.6 Å². The predicted molar refractivity (Wildman–Crippen MR) is 93.0 cm³/mol. The zero-order chi connectivity index (χ0) is 17.5. The highest BCUT2D eigenvalue weighted by atomic mass is 16.3. The molecular formula is C18H19N3O3. The van der Waals surface area contributed by atoms with Gasteiger partial charge in [-0.05, 0) is 43.2 Å². The van der Waals surface area contributed by atoms with Gasteiger partial charge in [0, 0.05) is 5.69 Å². The molecule has 0 saturated heterocycles. The number of carbonyl (C=O) groups excluding carboxylic acids is 2. The molecule has 124 valence electrons. The first-order chi connectivity index (χ1) is 11.4. The Bertz CT molecular complexity index is 785. The fourth-order valence-electron chi connectivity index (χ4n) is 2.12. The predicted octanol–water partition coefficient (Wildman–Crippen LogP) is 2.49. The van der Waals surface area contributed by atoms with Gasteiger partial charge in [-0.2, -0.15) is 5.10 Å². The zero-order valence-electron chi connectivity index (χ0n) is 13.5. The first-order valence-electron chi connectivity index (χ1n) is 7.42. The second-order valence-corrected chi connectivity index (χ2v) is 5.43. The van der Waals surface area contributed by atoms with Crippen molar-refractivity contribution in [1.29, 1.82) is 0 Å². The van der Waals surface area contributed by atoms with Crippen molar-refractivity contribution in [3.63, 3.8) is 0 Å². The summed E-state index contributed by atoms with van der Waals surface area (Å²) in [6.07, 6.45) is 1.06. The number of aromatic hydroxyl groups is 1. The lowest BCUT2D eigenvalue weighted by Crippen LogP contribution is -2.24. The van der Waals surface area contributed by atoms with Gasteiger partial charge in [0.25, 0.3) is 0 Å². The van der Waals surface area contributed by atoms with Crippen LogP contribution in [0.3, 0.4) is 0 Å². The number of anilines is 1. The summed E-state index contributed by atoms with van der Waals surface area (Å²) in [5, 5.41) is 15.8. The van der Waals surface area contributed by atoms with Gasteiger partial charge in [0.1, 0.15) is 12.2 Å². The van der Waals surface area contributed by atoms with E-state index in [0.717, 1.165) is 11.1 Å². The number of rotatable bonds is 5. The third-order valence-corrected chi connectivity index (χ3v) is 3.25. The van der Waals surface area contributed by atoms with E-state index < -0.39 is 11.8 Å². The number of nitrogens with one attached hydrogen (secondary N) is 2. The number of benzene rings is 2. The van der Waals surface area contributed by atoms with E-state index in [1.165, 1.54) is 18.3 Å². The Hall–Kier alpha value is -3.15. The summed E-state index contributed by atoms with van der Waals surface area (Å²) in [5.74, 6) is -0.821. The average Bonchev–Trinajstić information content (AvgIpc) is 2.50. The van der Waals surface area contributed by atoms with E-state index in [1.54, 1.807) is 18.2 Å². The van der Waals surface area contributed by atoms with Crippen molar-refractivity contribution in [2.75, 3.05) is 5.32 Å². The standard InChI is InChI=1S/C18H19N3O3/c1-12-6-7-16(13(2)8-12)20-17(23)10-18(24)21-19-11-14-4-3-5-15(22)9-14/h3-9,11,22H,10H2,1-2H3,(H,20,23)(H,21,24). The van der Waals surface area contributed by atoms with Crippen LogP contribution in [0.1, 0.15) is 23.1 Å². The molecule has 2 rings (SSSR count). The monoisotopic (exact) mass is 325 g/mol. The minimum Gasteiger partial charge on any atom is -0.508 e. The number of amides is 2. The van der Waals surface area contributed by atoms with Gasteiger partial charge in [-0.1, -0.05) is 29.8 Å². The third kappa shape index (κ3) is 5.24. The van der Waals surface area contributed by atoms with Crippen LogP contribution >= 0.6 is 0 Å². The van der Waals surface area contributed by atoms with E-state index in [0.29, 0.717) is 11.3 Å². The number of aryl methyl sites for hydroxylation is 2. The van der Waals surface area contributed by atoms with Gasteiger partial charge in [-0.15, -0.1) is 0 Å². The lowest BCUT2D eigenvalue weighted by molar-refractivity contribution is -0.126. The van der Waals surface area contributed by atoms with Crippen molar-refractivity contribution >= 4 is 23.7 Å². The number of phenolic OH excluding ortho intramolecular Hbond substituents is 1. The largest absolute Gasteiger partial charge is 0.508 e. The second kappa shape index (κ2) is 7.92. The lowest BCUT2D eigenvalue weighted by atomic mass is 10.1. The summed E-state index contributed by atoms with van der Waals surface area (Å²) >= 11 is 0. The van der Waals surface area contributed by atoms with Crippen molar-refractivity contribution < 1.29 is 14.7 Å². The molecule has 0 radical (unpaired) electrons. The second-order valence-electron chi connectivity index (χ2n) is 5.43. The van der Waals surface area contributed by atoms with E-state index in [2.05, 4.69) is 15.8 Å². The lowest BCUT2D eigenvalue weighted by Gasteiger charge is -2.08. The van der Waals surface area contributed by atoms with Crippen LogP contribution < -0.4 is 10.7 Å². The Kier molecular flexibility index (Phi) is 5.68. The van der Waals surface area contributed by atoms with Crippen LogP contribution in [0.4, 0.5) is 5.69 Å². The third-order valence-electron chi connectivity index (χ3n) is 3.25. The molecule has 0 saturated carbocycles. The topological polar surface area (TPSA) is 90.8 Å². The van der Waals surface area contributed by atoms with Crippen molar-refractivity contribution in [3.8, 4) is 5.75 Å². The zero-order valence-corrected chi connectivity index (χ0v) is 13.5. The number of hydrogen-bond acceptors (Lipinski definition) is 4. The molecule has 0 aliphatic heterocycles. The molecule has 0 spiro atoms. The maximum atomic E-state index is 11.9. The van der Waals surface area contributed by atoms with Gasteiger partial charge < -0.3 is 10.4 Å². The molecule has 0 aromatic heterocycles. The highest BCUT2D eigenvalue weighted by Gasteiger charge is 2.10. The summed E-state index contributed by atoms with van der Waals surface area (Å²) in [5.41, 5.74) is 5.63. The summed E-state index contributed by atoms with van der Waals surface area (Å²) in [6.45, 7) is 3.86. The fraction of sp³-hybridized carbons (Fsp3) is 0.167. The molecule has 0 aliphatic carbocycles. The Labute approximate surface area is 140 Å². The van der Waals surface area contributed by atoms with Gasteiger partial charge in [-0.25, -0.2) is 5.43 Å². The summed E-state index contributed by atoms with van der Waals surface area (Å²) in [4.78, 5) is 23.6. The van der Waals surface area contributed by atoms with Crippen LogP contribution in [0.5, 0.6) is 5.75 Å². The molecule has 0 atom stereocenters. The Morgan fingerprint density at radius 1 is 1.12 bits per heavy atom. The van der Waals surface area contributed by atoms with Crippen LogP contribution in [0.2, 0.25) is 0 Å². The number of nitrogens with zero attached hydrogens (tertiary/aromatic N) is 1. The molecule has 6 heteroatoms. The molecule has 0 unspecified atom stereocenters. The molecule has 3 N–H and O–H groups in total. The number of hydrogen-bond donors (Lipinski definition) is 3. The van der Waals surface area contributed by atoms with Gasteiger partial charge in [0.05, 0.1) is 6.21 Å². The molecule has 0 aliphatic rings. The van der Waals surface area contributed by atoms with Crippen LogP contribution in [-0.4, -0.2) is 23.1 Å². The first kappa shape index (κ1) is 17.2. The van der Waals surface area contributed by atoms with Crippen molar-refractivity contribution in [1.82, 2.24) is 5.43 Å². The Morgan fingerprint density at radius 2 is 1.92 bits per heavy atom. The summed E-state index contributed by atoms with van der Waals surface area (Å²) in [6, 6.07) is 12.1. The Balaban J connectivity index is 1.84. The average molecular weight is 325 g/mol. The molecular weight excluding hydrogens is 306 g/mol. The maximum absolute atomic E-state index is 11.9. The molecule has 24 heavy (non-hydrogen) atoms. The summed E-state index contributed by atoms with van der Waals surface area (Å²) < 4.78 is 0. The van der Waals surface area contributed by atoms with E-state index in [-0.39, 0.29) is 12.2 Å². The quantitative estimate of drug-likeness (QED) is 0.448. The molecule has 2 amide bonds. The normalized spacial score (nSPS) is 10.6. The Morgan fingerprint density at radius 3 is 2.62 bits per heavy atom. The van der Waals surface area contributed by atoms with Crippen molar-refractivity contribution in [2.24, 2.45) is 5.10 Å². The highest BCUT2D eigenvalue weighted by Crippen LogP contribution is 2.16. The molecule has 6 nitrogen and oxygen atoms in total. The minimum absolute atomic E-state index is 0.109. The van der Waals surface area contributed by atoms with E-state index in [1.807, 2.05) is 26.0 Å². The highest BCUT2D eigenvalue weighted by molar-refractivity contribution is 6.04. The molecule has 0 fully saturated rings. The van der Waals surface area contributed by atoms with E-state index >= 15 is 0 Å². The minimum atomic E-state index is -0.520. The SMILES string of the molecule is Cc1ccc(NC(=O)CC(=O)NN=Cc2cccc(O)c2)c(C)c1. The molecule has 2 aromatic carbocycles. The van der Waals surface area contributed by atoms with Crippen molar-refractivity contribution in [2.45, 2.75) is 20.3 Å². The molecule has 2 aromatic rings. The van der Waals surface area contributed by atoms with E-state index in [4.69, 9.17) is 0 Å². The smallest absolute Gasteiger partial charge is 0.249 e. The van der Waals surface area contributed by atoms with Crippen LogP contribution in [0.25, 0.3) is 0 Å². The van der Waals surface area contributed by atoms with E-state index in [9.17, 15) is 14.7 Å². The molecule has 0 heterocycles. The van der Waals surface area contributed by atoms with Crippen LogP contribution in [0, 0.1) is 13.8 Å². The molecule has 0 bridgehead atoms. The van der Waals surface area contributed by atoms with Crippen molar-refractivity contribution in [3.05, 3.63) is 59.2 Å². The van der Waals surface area contributed by atoms with Gasteiger partial charge >= 0.3 is 0 Å². The van der Waals surface area contributed by atoms with Gasteiger partial charge in [-0.3, -0.25) is 9.59 Å². The number of carbonyl (C=O) groups is 2. The number of hydrazone groups is 1. The fourth-order valence-corrected chi connectivity index (χ4v) is 2.12. The van der Waals surface area contributed by atoms with Crippen LogP contribution in [-0.2, 0) is 9.59 Å². The summed E-state index contributed by atoms with van der Waals surface area (Å²) in [7, 11) is 0. The first-order valence-corrected chi connectivity index (χ1v) is 7.42.